The molecule has 4 rings (SSSR count). The van der Waals surface area contributed by atoms with E-state index in [0.29, 0.717) is 31.8 Å². The minimum Gasteiger partial charge on any atom is -0.354 e. The number of hydrogen-bond acceptors (Lipinski definition) is 9. The molecule has 2 fully saturated rings. The number of Topliss-reactive ketones (excluding diaryl/α,β-unsaturated/α-hetero) is 1. The van der Waals surface area contributed by atoms with E-state index in [4.69, 9.17) is 18.1 Å². The fourth-order valence-electron chi connectivity index (χ4n) is 4.55. The third-order valence-corrected chi connectivity index (χ3v) is 11.0. The number of aromatic nitrogens is 2. The normalized spacial score (nSPS) is 16.9. The van der Waals surface area contributed by atoms with Gasteiger partial charge in [0.1, 0.15) is 5.82 Å². The quantitative estimate of drug-likeness (QED) is 0.237. The van der Waals surface area contributed by atoms with Crippen LogP contribution in [0.1, 0.15) is 56.9 Å². The number of rotatable bonds is 14. The van der Waals surface area contributed by atoms with Gasteiger partial charge in [-0.3, -0.25) is 9.59 Å². The molecule has 1 saturated heterocycles. The summed E-state index contributed by atoms with van der Waals surface area (Å²) in [6.45, 7) is 12.6. The third-order valence-electron chi connectivity index (χ3n) is 6.60. The van der Waals surface area contributed by atoms with Crippen molar-refractivity contribution in [2.75, 3.05) is 64.6 Å². The van der Waals surface area contributed by atoms with Gasteiger partial charge in [0.05, 0.1) is 42.9 Å². The van der Waals surface area contributed by atoms with E-state index in [0.717, 1.165) is 50.4 Å². The molecule has 2 aromatic heterocycles. The lowest BCUT2D eigenvalue weighted by molar-refractivity contribution is 0.0989. The number of hydrogen-bond donors (Lipinski definition) is 0. The van der Waals surface area contributed by atoms with Gasteiger partial charge in [-0.15, -0.1) is 0 Å². The summed E-state index contributed by atoms with van der Waals surface area (Å²) in [4.78, 5) is 37.2. The lowest BCUT2D eigenvalue weighted by Gasteiger charge is -2.33. The highest BCUT2D eigenvalue weighted by Gasteiger charge is 2.42. The zero-order valence-corrected chi connectivity index (χ0v) is 24.9. The molecule has 12 heteroatoms. The summed E-state index contributed by atoms with van der Waals surface area (Å²) in [6, 6.07) is 2.26. The fraction of sp³-hybridized carbons (Fsp3) is 0.654. The first-order valence-corrected chi connectivity index (χ1v) is 16.0. The Hall–Kier alpha value is -1.51. The molecule has 0 amide bonds. The summed E-state index contributed by atoms with van der Waals surface area (Å²) in [7, 11) is -1.24. The van der Waals surface area contributed by atoms with Crippen LogP contribution in [-0.4, -0.2) is 85.3 Å². The van der Waals surface area contributed by atoms with Gasteiger partial charge in [-0.2, -0.15) is 0 Å². The van der Waals surface area contributed by atoms with Crippen molar-refractivity contribution in [3.8, 4) is 0 Å². The highest BCUT2D eigenvalue weighted by Crippen LogP contribution is 2.61. The molecule has 0 radical (unpaired) electrons. The molecule has 0 spiro atoms. The number of nitrogens with zero attached hydrogens (tertiary/aromatic N) is 4. The van der Waals surface area contributed by atoms with Crippen LogP contribution in [0.4, 0.5) is 5.82 Å². The first-order chi connectivity index (χ1) is 18.4. The third kappa shape index (κ3) is 6.61. The summed E-state index contributed by atoms with van der Waals surface area (Å²) in [5.74, 6) is 0.513. The van der Waals surface area contributed by atoms with Crippen molar-refractivity contribution in [2.45, 2.75) is 52.0 Å². The highest BCUT2D eigenvalue weighted by atomic mass is 31.2. The molecule has 0 atom stereocenters. The van der Waals surface area contributed by atoms with Gasteiger partial charge in [0, 0.05) is 50.7 Å². The maximum Gasteiger partial charge on any atom is 0.201 e. The average Bonchev–Trinajstić information content (AvgIpc) is 3.75. The number of likely N-dealkylation sites (N-methyl/N-ethyl adjacent to an activating group) is 1. The van der Waals surface area contributed by atoms with Gasteiger partial charge in [-0.05, 0) is 47.6 Å². The average molecular weight is 567 g/mol. The van der Waals surface area contributed by atoms with Crippen molar-refractivity contribution in [2.24, 2.45) is 0 Å². The van der Waals surface area contributed by atoms with Crippen LogP contribution in [0.2, 0.25) is 0 Å². The summed E-state index contributed by atoms with van der Waals surface area (Å²) in [6.07, 6.45) is 5.40. The Morgan fingerprint density at radius 3 is 2.03 bits per heavy atom. The lowest BCUT2D eigenvalue weighted by atomic mass is 10.1. The van der Waals surface area contributed by atoms with Crippen molar-refractivity contribution < 1.29 is 22.9 Å². The van der Waals surface area contributed by atoms with Gasteiger partial charge < -0.3 is 32.5 Å². The van der Waals surface area contributed by atoms with Gasteiger partial charge in [0.25, 0.3) is 0 Å². The van der Waals surface area contributed by atoms with Gasteiger partial charge in [0.2, 0.25) is 5.43 Å². The molecule has 2 aliphatic rings. The van der Waals surface area contributed by atoms with E-state index in [1.54, 1.807) is 12.4 Å². The maximum absolute atomic E-state index is 14.2. The number of carbonyl (C=O) groups excluding carboxylic acids is 1. The van der Waals surface area contributed by atoms with Crippen LogP contribution >= 0.6 is 16.8 Å². The van der Waals surface area contributed by atoms with Crippen LogP contribution < -0.4 is 10.3 Å². The molecule has 0 aromatic carbocycles. The minimum atomic E-state index is -1.68. The van der Waals surface area contributed by atoms with Crippen molar-refractivity contribution in [1.82, 2.24) is 14.5 Å². The van der Waals surface area contributed by atoms with E-state index in [1.807, 2.05) is 33.8 Å². The van der Waals surface area contributed by atoms with Crippen molar-refractivity contribution >= 4 is 39.3 Å². The summed E-state index contributed by atoms with van der Waals surface area (Å²) >= 11 is 0. The minimum absolute atomic E-state index is 0.113. The van der Waals surface area contributed by atoms with E-state index in [9.17, 15) is 9.59 Å². The van der Waals surface area contributed by atoms with Crippen LogP contribution in [-0.2, 0) is 18.1 Å². The highest BCUT2D eigenvalue weighted by molar-refractivity contribution is 7.68. The van der Waals surface area contributed by atoms with E-state index in [2.05, 4.69) is 26.4 Å². The first-order valence-electron chi connectivity index (χ1n) is 13.6. The van der Waals surface area contributed by atoms with Crippen molar-refractivity contribution in [3.05, 3.63) is 34.2 Å². The Balaban J connectivity index is 1.79. The molecule has 0 N–H and O–H groups in total. The number of fused-ring (bicyclic) bond motifs is 1. The van der Waals surface area contributed by atoms with E-state index < -0.39 is 22.2 Å². The molecular weight excluding hydrogens is 526 g/mol. The zero-order valence-electron chi connectivity index (χ0n) is 23.1. The molecule has 0 unspecified atom stereocenters. The molecular formula is C26H40N4O6P2. The first kappa shape index (κ1) is 29.5. The number of anilines is 1. The number of piperazine rings is 1. The van der Waals surface area contributed by atoms with Crippen molar-refractivity contribution in [3.63, 3.8) is 0 Å². The Labute approximate surface area is 227 Å². The predicted molar refractivity (Wildman–Crippen MR) is 152 cm³/mol. The maximum atomic E-state index is 14.2. The topological polar surface area (TPSA) is 95.4 Å². The molecule has 38 heavy (non-hydrogen) atoms. The zero-order chi connectivity index (χ0) is 27.2. The summed E-state index contributed by atoms with van der Waals surface area (Å²) < 4.78 is 25.8. The van der Waals surface area contributed by atoms with Crippen LogP contribution in [0, 0.1) is 0 Å². The van der Waals surface area contributed by atoms with E-state index in [-0.39, 0.29) is 22.8 Å². The summed E-state index contributed by atoms with van der Waals surface area (Å²) in [5, 5.41) is -0.385. The van der Waals surface area contributed by atoms with E-state index in [1.165, 1.54) is 0 Å². The molecule has 1 saturated carbocycles. The Kier molecular flexibility index (Phi) is 10.6. The van der Waals surface area contributed by atoms with Gasteiger partial charge in [-0.1, -0.05) is 0 Å². The van der Waals surface area contributed by atoms with Crippen LogP contribution in [0.15, 0.2) is 23.3 Å². The second kappa shape index (κ2) is 13.7. The summed E-state index contributed by atoms with van der Waals surface area (Å²) in [5.41, 5.74) is 0.612. The van der Waals surface area contributed by atoms with E-state index >= 15 is 0 Å². The second-order valence-corrected chi connectivity index (χ2v) is 13.0. The van der Waals surface area contributed by atoms with Crippen molar-refractivity contribution in [1.29, 1.82) is 0 Å². The lowest BCUT2D eigenvalue weighted by Crippen LogP contribution is -2.44. The van der Waals surface area contributed by atoms with Crippen LogP contribution in [0.25, 0.3) is 10.9 Å². The van der Waals surface area contributed by atoms with Gasteiger partial charge >= 0.3 is 0 Å². The fourth-order valence-corrected chi connectivity index (χ4v) is 8.36. The monoisotopic (exact) mass is 566 g/mol. The molecule has 3 heterocycles. The number of carbonyl (C=O) groups is 1. The van der Waals surface area contributed by atoms with Crippen LogP contribution in [0.3, 0.4) is 0 Å². The predicted octanol–water partition coefficient (Wildman–Crippen LogP) is 4.76. The molecule has 1 aliphatic carbocycles. The Bertz CT molecular complexity index is 1120. The Morgan fingerprint density at radius 2 is 1.53 bits per heavy atom. The second-order valence-electron chi connectivity index (χ2n) is 9.34. The standard InChI is InChI=1S/C26H40N4O6P2/c1-6-33-37(34-7-2)26(38(35-8-3)36-9-4)25(32)21-18-30(19-10-11-19)22-16-23(27-17-20(22)24(21)31)29-14-12-28(5)13-15-29/h16-19,26H,6-15H2,1-5H3. The van der Waals surface area contributed by atoms with Gasteiger partial charge in [-0.25, -0.2) is 4.98 Å². The SMILES string of the molecule is CCOP(OCC)C(C(=O)c1cn(C2CC2)c2cc(N3CCN(C)CC3)ncc2c1=O)P(OCC)OCC. The molecule has 210 valence electrons. The number of pyridine rings is 2. The largest absolute Gasteiger partial charge is 0.354 e. The Morgan fingerprint density at radius 1 is 0.974 bits per heavy atom. The number of ketones is 1. The molecule has 0 bridgehead atoms. The molecule has 10 nitrogen and oxygen atoms in total. The van der Waals surface area contributed by atoms with Gasteiger partial charge in [0.15, 0.2) is 27.9 Å². The smallest absolute Gasteiger partial charge is 0.201 e. The molecule has 1 aliphatic heterocycles. The molecule has 2 aromatic rings. The van der Waals surface area contributed by atoms with Crippen LogP contribution in [0.5, 0.6) is 0 Å².